The maximum absolute atomic E-state index is 12.2. The molecule has 0 saturated carbocycles. The third-order valence-electron chi connectivity index (χ3n) is 3.63. The summed E-state index contributed by atoms with van der Waals surface area (Å²) in [6.45, 7) is 0. The molecule has 26 heavy (non-hydrogen) atoms. The predicted octanol–water partition coefficient (Wildman–Crippen LogP) is 3.06. The van der Waals surface area contributed by atoms with Crippen LogP contribution in [0.1, 0.15) is 32.1 Å². The molecule has 0 fully saturated rings. The van der Waals surface area contributed by atoms with E-state index >= 15 is 0 Å². The molecule has 2 aromatic carbocycles. The Morgan fingerprint density at radius 2 is 1.62 bits per heavy atom. The summed E-state index contributed by atoms with van der Waals surface area (Å²) in [5.74, 6) is -2.09. The molecule has 3 rings (SSSR count). The molecule has 1 aromatic heterocycles. The van der Waals surface area contributed by atoms with Crippen molar-refractivity contribution in [3.63, 3.8) is 0 Å². The molecule has 0 bridgehead atoms. The number of H-pyrrole nitrogens is 1. The summed E-state index contributed by atoms with van der Waals surface area (Å²) in [6.07, 6.45) is 1.51. The minimum atomic E-state index is -1.13. The van der Waals surface area contributed by atoms with E-state index in [0.717, 1.165) is 0 Å². The summed E-state index contributed by atoms with van der Waals surface area (Å²) in [5, 5.41) is 18.3. The summed E-state index contributed by atoms with van der Waals surface area (Å²) in [5.41, 5.74) is 0.510. The SMILES string of the molecule is O=C(O)c1ccc(/C=C(\Cl)c2nc3cc(C(=O)O)ccc3c(=O)[nH]2)cc1. The van der Waals surface area contributed by atoms with Crippen LogP contribution in [0, 0.1) is 0 Å². The lowest BCUT2D eigenvalue weighted by Crippen LogP contribution is -2.11. The zero-order valence-corrected chi connectivity index (χ0v) is 13.8. The first-order valence-electron chi connectivity index (χ1n) is 7.33. The van der Waals surface area contributed by atoms with Gasteiger partial charge in [0.2, 0.25) is 0 Å². The number of nitrogens with zero attached hydrogens (tertiary/aromatic N) is 1. The van der Waals surface area contributed by atoms with Gasteiger partial charge in [0.1, 0.15) is 0 Å². The van der Waals surface area contributed by atoms with Crippen molar-refractivity contribution in [2.75, 3.05) is 0 Å². The lowest BCUT2D eigenvalue weighted by molar-refractivity contribution is 0.0686. The Hall–Kier alpha value is -3.45. The lowest BCUT2D eigenvalue weighted by atomic mass is 10.1. The first kappa shape index (κ1) is 17.4. The second-order valence-corrected chi connectivity index (χ2v) is 5.78. The van der Waals surface area contributed by atoms with Crippen LogP contribution in [0.15, 0.2) is 47.3 Å². The Balaban J connectivity index is 2.04. The maximum Gasteiger partial charge on any atom is 0.335 e. The van der Waals surface area contributed by atoms with Crippen LogP contribution in [-0.2, 0) is 0 Å². The number of aromatic nitrogens is 2. The number of carbonyl (C=O) groups is 2. The van der Waals surface area contributed by atoms with Gasteiger partial charge in [0.15, 0.2) is 5.82 Å². The summed E-state index contributed by atoms with van der Waals surface area (Å²) in [4.78, 5) is 40.8. The lowest BCUT2D eigenvalue weighted by Gasteiger charge is -2.04. The van der Waals surface area contributed by atoms with Crippen LogP contribution in [0.25, 0.3) is 22.0 Å². The second kappa shape index (κ2) is 6.81. The molecule has 0 atom stereocenters. The molecule has 0 aliphatic rings. The van der Waals surface area contributed by atoms with Gasteiger partial charge in [-0.05, 0) is 42.0 Å². The quantitative estimate of drug-likeness (QED) is 0.649. The van der Waals surface area contributed by atoms with Crippen molar-refractivity contribution >= 4 is 45.6 Å². The van der Waals surface area contributed by atoms with Gasteiger partial charge in [-0.15, -0.1) is 0 Å². The monoisotopic (exact) mass is 370 g/mol. The number of fused-ring (bicyclic) bond motifs is 1. The molecule has 0 aliphatic heterocycles. The van der Waals surface area contributed by atoms with Gasteiger partial charge >= 0.3 is 11.9 Å². The smallest absolute Gasteiger partial charge is 0.335 e. The summed E-state index contributed by atoms with van der Waals surface area (Å²) in [6, 6.07) is 9.98. The van der Waals surface area contributed by atoms with Crippen molar-refractivity contribution in [1.29, 1.82) is 0 Å². The maximum atomic E-state index is 12.2. The summed E-state index contributed by atoms with van der Waals surface area (Å²) in [7, 11) is 0. The average Bonchev–Trinajstić information content (AvgIpc) is 2.61. The van der Waals surface area contributed by atoms with E-state index in [2.05, 4.69) is 9.97 Å². The number of hydrogen-bond donors (Lipinski definition) is 3. The number of benzene rings is 2. The van der Waals surface area contributed by atoms with Gasteiger partial charge in [-0.2, -0.15) is 0 Å². The van der Waals surface area contributed by atoms with Crippen molar-refractivity contribution in [1.82, 2.24) is 9.97 Å². The Kier molecular flexibility index (Phi) is 4.55. The van der Waals surface area contributed by atoms with Crippen LogP contribution in [-0.4, -0.2) is 32.1 Å². The number of carboxylic acid groups (broad SMARTS) is 2. The molecule has 3 aromatic rings. The van der Waals surface area contributed by atoms with Gasteiger partial charge in [-0.1, -0.05) is 23.7 Å². The molecule has 130 valence electrons. The minimum absolute atomic E-state index is 0.00547. The van der Waals surface area contributed by atoms with Gasteiger partial charge < -0.3 is 15.2 Å². The number of aromatic carboxylic acids is 2. The van der Waals surface area contributed by atoms with E-state index in [-0.39, 0.29) is 32.9 Å². The van der Waals surface area contributed by atoms with Crippen LogP contribution in [0.2, 0.25) is 0 Å². The molecule has 0 amide bonds. The molecular weight excluding hydrogens is 360 g/mol. The molecule has 0 saturated heterocycles. The summed E-state index contributed by atoms with van der Waals surface area (Å²) >= 11 is 6.21. The molecule has 3 N–H and O–H groups in total. The van der Waals surface area contributed by atoms with E-state index in [0.29, 0.717) is 5.56 Å². The molecular formula is C18H11ClN2O5. The number of aromatic amines is 1. The van der Waals surface area contributed by atoms with Crippen LogP contribution in [0.4, 0.5) is 0 Å². The van der Waals surface area contributed by atoms with Gasteiger partial charge in [-0.25, -0.2) is 14.6 Å². The van der Waals surface area contributed by atoms with Crippen molar-refractivity contribution in [2.45, 2.75) is 0 Å². The van der Waals surface area contributed by atoms with Crippen molar-refractivity contribution in [3.8, 4) is 0 Å². The summed E-state index contributed by atoms with van der Waals surface area (Å²) < 4.78 is 0. The fraction of sp³-hybridized carbons (Fsp3) is 0. The number of nitrogens with one attached hydrogen (secondary N) is 1. The van der Waals surface area contributed by atoms with E-state index in [4.69, 9.17) is 21.8 Å². The molecule has 0 aliphatic carbocycles. The van der Waals surface area contributed by atoms with Crippen molar-refractivity contribution in [2.24, 2.45) is 0 Å². The third kappa shape index (κ3) is 3.47. The topological polar surface area (TPSA) is 120 Å². The Morgan fingerprint density at radius 1 is 1.00 bits per heavy atom. The van der Waals surface area contributed by atoms with Gasteiger partial charge in [-0.3, -0.25) is 4.79 Å². The van der Waals surface area contributed by atoms with E-state index < -0.39 is 17.5 Å². The fourth-order valence-corrected chi connectivity index (χ4v) is 2.54. The zero-order chi connectivity index (χ0) is 18.8. The molecule has 7 nitrogen and oxygen atoms in total. The Bertz CT molecular complexity index is 1120. The standard InChI is InChI=1S/C18H11ClN2O5/c19-13(7-9-1-3-10(4-2-9)17(23)24)15-20-14-8-11(18(25)26)5-6-12(14)16(22)21-15/h1-8H,(H,23,24)(H,25,26)(H,20,21,22)/b13-7-. The van der Waals surface area contributed by atoms with Crippen LogP contribution >= 0.6 is 11.6 Å². The largest absolute Gasteiger partial charge is 0.478 e. The van der Waals surface area contributed by atoms with E-state index in [9.17, 15) is 14.4 Å². The highest BCUT2D eigenvalue weighted by Crippen LogP contribution is 2.20. The fourth-order valence-electron chi connectivity index (χ4n) is 2.32. The van der Waals surface area contributed by atoms with Crippen LogP contribution in [0.5, 0.6) is 0 Å². The second-order valence-electron chi connectivity index (χ2n) is 5.37. The van der Waals surface area contributed by atoms with Crippen molar-refractivity contribution in [3.05, 3.63) is 75.3 Å². The Morgan fingerprint density at radius 3 is 2.23 bits per heavy atom. The number of halogens is 1. The first-order valence-corrected chi connectivity index (χ1v) is 7.71. The molecule has 1 heterocycles. The van der Waals surface area contributed by atoms with Gasteiger partial charge in [0.05, 0.1) is 27.1 Å². The first-order chi connectivity index (χ1) is 12.3. The molecule has 0 unspecified atom stereocenters. The number of hydrogen-bond acceptors (Lipinski definition) is 4. The van der Waals surface area contributed by atoms with Crippen molar-refractivity contribution < 1.29 is 19.8 Å². The normalized spacial score (nSPS) is 11.5. The van der Waals surface area contributed by atoms with Gasteiger partial charge in [0.25, 0.3) is 5.56 Å². The highest BCUT2D eigenvalue weighted by atomic mass is 35.5. The number of rotatable bonds is 4. The van der Waals surface area contributed by atoms with Crippen LogP contribution in [0.3, 0.4) is 0 Å². The van der Waals surface area contributed by atoms with E-state index in [1.807, 2.05) is 0 Å². The zero-order valence-electron chi connectivity index (χ0n) is 13.1. The molecule has 0 spiro atoms. The van der Waals surface area contributed by atoms with Crippen LogP contribution < -0.4 is 5.56 Å². The van der Waals surface area contributed by atoms with E-state index in [1.54, 1.807) is 12.1 Å². The third-order valence-corrected chi connectivity index (χ3v) is 3.92. The minimum Gasteiger partial charge on any atom is -0.478 e. The molecule has 0 radical (unpaired) electrons. The number of carboxylic acids is 2. The predicted molar refractivity (Wildman–Crippen MR) is 96.4 cm³/mol. The van der Waals surface area contributed by atoms with E-state index in [1.165, 1.54) is 36.4 Å². The average molecular weight is 371 g/mol. The Labute approximate surface area is 151 Å². The van der Waals surface area contributed by atoms with Gasteiger partial charge in [0, 0.05) is 0 Å². The molecule has 8 heteroatoms. The highest BCUT2D eigenvalue weighted by Gasteiger charge is 2.10. The highest BCUT2D eigenvalue weighted by molar-refractivity contribution is 6.50.